The third-order valence-corrected chi connectivity index (χ3v) is 6.05. The number of nitrogens with one attached hydrogen (secondary N) is 3. The van der Waals surface area contributed by atoms with Crippen LogP contribution in [0.4, 0.5) is 14.5 Å². The number of benzene rings is 1. The van der Waals surface area contributed by atoms with Crippen LogP contribution in [0.5, 0.6) is 0 Å². The minimum Gasteiger partial charge on any atom is -0.354 e. The number of carbonyl (C=O) groups is 3. The van der Waals surface area contributed by atoms with E-state index in [-0.39, 0.29) is 28.1 Å². The molecule has 0 saturated heterocycles. The number of fused-ring (bicyclic) bond motifs is 1. The van der Waals surface area contributed by atoms with Gasteiger partial charge in [0, 0.05) is 28.9 Å². The highest BCUT2D eigenvalue weighted by atomic mass is 19.3. The molecule has 0 fully saturated rings. The molecule has 1 aliphatic carbocycles. The number of para-hydroxylation sites is 1. The third kappa shape index (κ3) is 5.49. The molecule has 6 nitrogen and oxygen atoms in total. The van der Waals surface area contributed by atoms with Crippen LogP contribution < -0.4 is 10.6 Å². The molecule has 1 aromatic heterocycles. The zero-order valence-electron chi connectivity index (χ0n) is 19.5. The van der Waals surface area contributed by atoms with E-state index in [4.69, 9.17) is 0 Å². The number of anilines is 1. The summed E-state index contributed by atoms with van der Waals surface area (Å²) in [5, 5.41) is 5.28. The van der Waals surface area contributed by atoms with Crippen molar-refractivity contribution in [2.24, 2.45) is 5.41 Å². The number of rotatable bonds is 8. The molecule has 3 N–H and O–H groups in total. The van der Waals surface area contributed by atoms with Crippen molar-refractivity contribution in [1.29, 1.82) is 0 Å². The Hall–Kier alpha value is -3.03. The Balaban J connectivity index is 1.82. The summed E-state index contributed by atoms with van der Waals surface area (Å²) in [6.07, 6.45) is 0.141. The lowest BCUT2D eigenvalue weighted by molar-refractivity contribution is -0.118. The van der Waals surface area contributed by atoms with Gasteiger partial charge < -0.3 is 15.6 Å². The van der Waals surface area contributed by atoms with Gasteiger partial charge in [-0.1, -0.05) is 51.8 Å². The minimum absolute atomic E-state index is 0.00191. The smallest absolute Gasteiger partial charge is 0.268 e. The zero-order valence-corrected chi connectivity index (χ0v) is 19.5. The number of hydrogen-bond donors (Lipinski definition) is 3. The maximum Gasteiger partial charge on any atom is 0.268 e. The van der Waals surface area contributed by atoms with E-state index in [1.807, 2.05) is 20.8 Å². The molecular formula is C25H31F2N3O3. The summed E-state index contributed by atoms with van der Waals surface area (Å²) in [6.45, 7) is 7.69. The van der Waals surface area contributed by atoms with Gasteiger partial charge >= 0.3 is 0 Å². The molecule has 1 unspecified atom stereocenters. The number of ketones is 1. The predicted molar refractivity (Wildman–Crippen MR) is 123 cm³/mol. The molecule has 2 amide bonds. The number of halogens is 2. The van der Waals surface area contributed by atoms with Gasteiger partial charge in [-0.05, 0) is 36.8 Å². The van der Waals surface area contributed by atoms with Gasteiger partial charge in [0.25, 0.3) is 12.3 Å². The van der Waals surface area contributed by atoms with Crippen LogP contribution in [0.3, 0.4) is 0 Å². The number of Topliss-reactive ketones (excluding diaryl/α,β-unsaturated/α-hetero) is 1. The number of unbranched alkanes of at least 4 members (excludes halogenated alkanes) is 1. The summed E-state index contributed by atoms with van der Waals surface area (Å²) < 4.78 is 26.6. The highest BCUT2D eigenvalue weighted by molar-refractivity contribution is 6.06. The van der Waals surface area contributed by atoms with Crippen LogP contribution in [0.25, 0.3) is 0 Å². The second kappa shape index (κ2) is 9.85. The van der Waals surface area contributed by atoms with Gasteiger partial charge in [-0.15, -0.1) is 0 Å². The van der Waals surface area contributed by atoms with Gasteiger partial charge in [0.05, 0.1) is 0 Å². The van der Waals surface area contributed by atoms with Crippen molar-refractivity contribution in [3.05, 3.63) is 52.3 Å². The summed E-state index contributed by atoms with van der Waals surface area (Å²) in [5.74, 6) is -1.06. The van der Waals surface area contributed by atoms with E-state index < -0.39 is 24.3 Å². The summed E-state index contributed by atoms with van der Waals surface area (Å²) in [7, 11) is 0. The standard InChI is InChI=1S/C25H31F2N3O3/c1-5-6-10-17(23(32)29-16-11-8-7-9-15(16)22(26)27)30-24(33)21-14(2)20-18(28-21)12-25(3,4)13-19(20)31/h7-9,11,17,22,28H,5-6,10,12-13H2,1-4H3,(H,29,32)(H,30,33). The lowest BCUT2D eigenvalue weighted by Crippen LogP contribution is -2.44. The fourth-order valence-electron chi connectivity index (χ4n) is 4.39. The van der Waals surface area contributed by atoms with Crippen LogP contribution in [-0.2, 0) is 11.2 Å². The van der Waals surface area contributed by atoms with Crippen molar-refractivity contribution in [3.63, 3.8) is 0 Å². The Kier molecular flexibility index (Phi) is 7.34. The van der Waals surface area contributed by atoms with Crippen molar-refractivity contribution in [1.82, 2.24) is 10.3 Å². The van der Waals surface area contributed by atoms with Gasteiger partial charge in [0.1, 0.15) is 11.7 Å². The Labute approximate surface area is 192 Å². The monoisotopic (exact) mass is 459 g/mol. The van der Waals surface area contributed by atoms with Gasteiger partial charge in [0.15, 0.2) is 5.78 Å². The number of H-pyrrole nitrogens is 1. The van der Waals surface area contributed by atoms with Crippen molar-refractivity contribution >= 4 is 23.3 Å². The number of amides is 2. The summed E-state index contributed by atoms with van der Waals surface area (Å²) >= 11 is 0. The Morgan fingerprint density at radius 1 is 1.18 bits per heavy atom. The quantitative estimate of drug-likeness (QED) is 0.497. The maximum atomic E-state index is 13.3. The zero-order chi connectivity index (χ0) is 24.3. The molecular weight excluding hydrogens is 428 g/mol. The molecule has 1 atom stereocenters. The van der Waals surface area contributed by atoms with Gasteiger partial charge in [0.2, 0.25) is 5.91 Å². The third-order valence-electron chi connectivity index (χ3n) is 6.05. The molecule has 0 radical (unpaired) electrons. The second-order valence-electron chi connectivity index (χ2n) is 9.46. The molecule has 178 valence electrons. The fourth-order valence-corrected chi connectivity index (χ4v) is 4.39. The summed E-state index contributed by atoms with van der Waals surface area (Å²) in [6, 6.07) is 4.80. The fraction of sp³-hybridized carbons (Fsp3) is 0.480. The average Bonchev–Trinajstić information content (AvgIpc) is 3.06. The van der Waals surface area contributed by atoms with Crippen LogP contribution in [0.2, 0.25) is 0 Å². The Morgan fingerprint density at radius 2 is 1.88 bits per heavy atom. The van der Waals surface area contributed by atoms with E-state index in [1.54, 1.807) is 13.0 Å². The van der Waals surface area contributed by atoms with Gasteiger partial charge in [-0.2, -0.15) is 0 Å². The molecule has 0 saturated carbocycles. The van der Waals surface area contributed by atoms with Crippen LogP contribution in [-0.4, -0.2) is 28.6 Å². The van der Waals surface area contributed by atoms with Crippen LogP contribution in [0.15, 0.2) is 24.3 Å². The molecule has 2 aromatic rings. The molecule has 8 heteroatoms. The first-order valence-corrected chi connectivity index (χ1v) is 11.3. The highest BCUT2D eigenvalue weighted by Crippen LogP contribution is 2.36. The molecule has 0 aliphatic heterocycles. The second-order valence-corrected chi connectivity index (χ2v) is 9.46. The van der Waals surface area contributed by atoms with E-state index in [9.17, 15) is 23.2 Å². The van der Waals surface area contributed by atoms with Crippen LogP contribution in [0, 0.1) is 12.3 Å². The van der Waals surface area contributed by atoms with Gasteiger partial charge in [-0.25, -0.2) is 8.78 Å². The van der Waals surface area contributed by atoms with Crippen molar-refractivity contribution < 1.29 is 23.2 Å². The molecule has 1 heterocycles. The number of hydrogen-bond acceptors (Lipinski definition) is 3. The molecule has 3 rings (SSSR count). The predicted octanol–water partition coefficient (Wildman–Crippen LogP) is 5.34. The molecule has 1 aromatic carbocycles. The summed E-state index contributed by atoms with van der Waals surface area (Å²) in [4.78, 5) is 41.8. The number of alkyl halides is 2. The SMILES string of the molecule is CCCCC(NC(=O)c1[nH]c2c(c1C)C(=O)CC(C)(C)C2)C(=O)Nc1ccccc1C(F)F. The van der Waals surface area contributed by atoms with E-state index in [1.165, 1.54) is 18.2 Å². The van der Waals surface area contributed by atoms with E-state index in [0.717, 1.165) is 12.1 Å². The number of carbonyl (C=O) groups excluding carboxylic acids is 3. The van der Waals surface area contributed by atoms with Crippen molar-refractivity contribution in [3.8, 4) is 0 Å². The van der Waals surface area contributed by atoms with E-state index >= 15 is 0 Å². The lowest BCUT2D eigenvalue weighted by Gasteiger charge is -2.28. The normalized spacial score (nSPS) is 15.8. The van der Waals surface area contributed by atoms with Gasteiger partial charge in [-0.3, -0.25) is 14.4 Å². The lowest BCUT2D eigenvalue weighted by atomic mass is 9.75. The first kappa shape index (κ1) is 24.6. The van der Waals surface area contributed by atoms with Crippen molar-refractivity contribution in [2.45, 2.75) is 72.3 Å². The van der Waals surface area contributed by atoms with E-state index in [0.29, 0.717) is 36.8 Å². The molecule has 0 bridgehead atoms. The largest absolute Gasteiger partial charge is 0.354 e. The number of aromatic nitrogens is 1. The van der Waals surface area contributed by atoms with Crippen molar-refractivity contribution in [2.75, 3.05) is 5.32 Å². The number of aromatic amines is 1. The highest BCUT2D eigenvalue weighted by Gasteiger charge is 2.35. The first-order valence-electron chi connectivity index (χ1n) is 11.3. The Morgan fingerprint density at radius 3 is 2.55 bits per heavy atom. The van der Waals surface area contributed by atoms with Crippen LogP contribution in [0.1, 0.15) is 90.5 Å². The average molecular weight is 460 g/mol. The first-order chi connectivity index (χ1) is 15.5. The van der Waals surface area contributed by atoms with E-state index in [2.05, 4.69) is 15.6 Å². The summed E-state index contributed by atoms with van der Waals surface area (Å²) in [5.41, 5.74) is 1.66. The topological polar surface area (TPSA) is 91.1 Å². The maximum absolute atomic E-state index is 13.3. The van der Waals surface area contributed by atoms with Crippen LogP contribution >= 0.6 is 0 Å². The Bertz CT molecular complexity index is 1060. The molecule has 1 aliphatic rings. The molecule has 33 heavy (non-hydrogen) atoms. The minimum atomic E-state index is -2.74. The molecule has 0 spiro atoms.